The summed E-state index contributed by atoms with van der Waals surface area (Å²) < 4.78 is 6.91. The van der Waals surface area contributed by atoms with Gasteiger partial charge >= 0.3 is 5.97 Å². The molecule has 0 aliphatic heterocycles. The lowest BCUT2D eigenvalue weighted by Crippen LogP contribution is -1.91. The van der Waals surface area contributed by atoms with E-state index in [0.717, 1.165) is 32.3 Å². The van der Waals surface area contributed by atoms with Crippen molar-refractivity contribution in [2.75, 3.05) is 0 Å². The Kier molecular flexibility index (Phi) is 4.79. The molecule has 4 heteroatoms. The SMILES string of the molecule is Cc1cc(C=CC(=O)O)ccc1Oc1ccccc1I. The summed E-state index contributed by atoms with van der Waals surface area (Å²) in [6.07, 6.45) is 2.68. The summed E-state index contributed by atoms with van der Waals surface area (Å²) in [4.78, 5) is 10.5. The molecule has 1 N–H and O–H groups in total. The van der Waals surface area contributed by atoms with Crippen molar-refractivity contribution in [2.45, 2.75) is 6.92 Å². The van der Waals surface area contributed by atoms with Crippen LogP contribution in [0, 0.1) is 10.5 Å². The second-order valence-electron chi connectivity index (χ2n) is 4.23. The summed E-state index contributed by atoms with van der Waals surface area (Å²) in [5, 5.41) is 8.61. The highest BCUT2D eigenvalue weighted by molar-refractivity contribution is 14.1. The van der Waals surface area contributed by atoms with Crippen LogP contribution in [0.2, 0.25) is 0 Å². The van der Waals surface area contributed by atoms with Crippen molar-refractivity contribution in [3.8, 4) is 11.5 Å². The third kappa shape index (κ3) is 3.84. The third-order valence-electron chi connectivity index (χ3n) is 2.67. The number of benzene rings is 2. The van der Waals surface area contributed by atoms with E-state index in [0.29, 0.717) is 0 Å². The Morgan fingerprint density at radius 1 is 1.20 bits per heavy atom. The molecule has 0 saturated heterocycles. The molecule has 0 fully saturated rings. The average Bonchev–Trinajstić information content (AvgIpc) is 2.41. The Morgan fingerprint density at radius 2 is 1.95 bits per heavy atom. The predicted octanol–water partition coefficient (Wildman–Crippen LogP) is 4.49. The van der Waals surface area contributed by atoms with Gasteiger partial charge in [-0.2, -0.15) is 0 Å². The van der Waals surface area contributed by atoms with Crippen LogP contribution in [0.15, 0.2) is 48.5 Å². The standard InChI is InChI=1S/C16H13IO3/c1-11-10-12(7-9-16(18)19)6-8-14(11)20-15-5-3-2-4-13(15)17/h2-10H,1H3,(H,18,19). The molecule has 0 atom stereocenters. The molecule has 3 nitrogen and oxygen atoms in total. The van der Waals surface area contributed by atoms with Crippen LogP contribution in [-0.2, 0) is 4.79 Å². The van der Waals surface area contributed by atoms with Crippen molar-refractivity contribution in [2.24, 2.45) is 0 Å². The highest BCUT2D eigenvalue weighted by atomic mass is 127. The Labute approximate surface area is 131 Å². The van der Waals surface area contributed by atoms with E-state index in [1.807, 2.05) is 49.4 Å². The van der Waals surface area contributed by atoms with E-state index in [4.69, 9.17) is 9.84 Å². The number of para-hydroxylation sites is 1. The number of rotatable bonds is 4. The fourth-order valence-corrected chi connectivity index (χ4v) is 2.20. The number of halogens is 1. The van der Waals surface area contributed by atoms with E-state index < -0.39 is 5.97 Å². The maximum Gasteiger partial charge on any atom is 0.328 e. The first kappa shape index (κ1) is 14.6. The normalized spacial score (nSPS) is 10.7. The molecule has 0 amide bonds. The predicted molar refractivity (Wildman–Crippen MR) is 87.1 cm³/mol. The van der Waals surface area contributed by atoms with Crippen LogP contribution >= 0.6 is 22.6 Å². The van der Waals surface area contributed by atoms with E-state index in [2.05, 4.69) is 22.6 Å². The molecule has 0 heterocycles. The molecular weight excluding hydrogens is 367 g/mol. The third-order valence-corrected chi connectivity index (χ3v) is 3.57. The van der Waals surface area contributed by atoms with Gasteiger partial charge in [-0.15, -0.1) is 0 Å². The Bertz CT molecular complexity index is 663. The van der Waals surface area contributed by atoms with Crippen molar-refractivity contribution in [1.29, 1.82) is 0 Å². The zero-order chi connectivity index (χ0) is 14.5. The van der Waals surface area contributed by atoms with Gasteiger partial charge in [0.1, 0.15) is 11.5 Å². The van der Waals surface area contributed by atoms with Crippen molar-refractivity contribution in [3.05, 3.63) is 63.2 Å². The molecule has 0 unspecified atom stereocenters. The van der Waals surface area contributed by atoms with Crippen LogP contribution in [0.4, 0.5) is 0 Å². The monoisotopic (exact) mass is 380 g/mol. The fourth-order valence-electron chi connectivity index (χ4n) is 1.70. The van der Waals surface area contributed by atoms with Crippen LogP contribution in [0.25, 0.3) is 6.08 Å². The van der Waals surface area contributed by atoms with Crippen LogP contribution in [0.1, 0.15) is 11.1 Å². The van der Waals surface area contributed by atoms with Crippen molar-refractivity contribution >= 4 is 34.6 Å². The minimum atomic E-state index is -0.957. The molecule has 0 aromatic heterocycles. The summed E-state index contributed by atoms with van der Waals surface area (Å²) >= 11 is 2.22. The summed E-state index contributed by atoms with van der Waals surface area (Å²) in [6, 6.07) is 13.4. The molecule has 0 spiro atoms. The number of aryl methyl sites for hydroxylation is 1. The van der Waals surface area contributed by atoms with Crippen molar-refractivity contribution in [3.63, 3.8) is 0 Å². The molecule has 2 aromatic rings. The van der Waals surface area contributed by atoms with Crippen LogP contribution in [0.3, 0.4) is 0 Å². The van der Waals surface area contributed by atoms with Gasteiger partial charge in [0, 0.05) is 6.08 Å². The number of aliphatic carboxylic acids is 1. The molecule has 0 aliphatic rings. The summed E-state index contributed by atoms with van der Waals surface area (Å²) in [5.74, 6) is 0.619. The van der Waals surface area contributed by atoms with E-state index in [1.165, 1.54) is 0 Å². The topological polar surface area (TPSA) is 46.5 Å². The minimum absolute atomic E-state index is 0.765. The molecule has 0 bridgehead atoms. The quantitative estimate of drug-likeness (QED) is 0.628. The van der Waals surface area contributed by atoms with Crippen molar-refractivity contribution in [1.82, 2.24) is 0 Å². The van der Waals surface area contributed by atoms with Gasteiger partial charge in [-0.25, -0.2) is 4.79 Å². The average molecular weight is 380 g/mol. The van der Waals surface area contributed by atoms with Gasteiger partial charge in [0.2, 0.25) is 0 Å². The summed E-state index contributed by atoms with van der Waals surface area (Å²) in [7, 11) is 0. The molecular formula is C16H13IO3. The smallest absolute Gasteiger partial charge is 0.328 e. The van der Waals surface area contributed by atoms with E-state index in [1.54, 1.807) is 6.08 Å². The molecule has 20 heavy (non-hydrogen) atoms. The number of hydrogen-bond donors (Lipinski definition) is 1. The summed E-state index contributed by atoms with van der Waals surface area (Å²) in [5.41, 5.74) is 1.79. The Hall–Kier alpha value is -1.82. The number of carbonyl (C=O) groups is 1. The number of carboxylic acids is 1. The maximum absolute atomic E-state index is 10.5. The maximum atomic E-state index is 10.5. The molecule has 102 valence electrons. The van der Waals surface area contributed by atoms with Gasteiger partial charge in [0.25, 0.3) is 0 Å². The molecule has 2 rings (SSSR count). The first-order chi connectivity index (χ1) is 9.56. The van der Waals surface area contributed by atoms with Crippen LogP contribution in [0.5, 0.6) is 11.5 Å². The van der Waals surface area contributed by atoms with E-state index in [9.17, 15) is 4.79 Å². The van der Waals surface area contributed by atoms with Gasteiger partial charge in [0.05, 0.1) is 3.57 Å². The zero-order valence-electron chi connectivity index (χ0n) is 10.8. The lowest BCUT2D eigenvalue weighted by Gasteiger charge is -2.10. The van der Waals surface area contributed by atoms with Gasteiger partial charge in [-0.1, -0.05) is 18.2 Å². The lowest BCUT2D eigenvalue weighted by molar-refractivity contribution is -0.131. The molecule has 0 saturated carbocycles. The molecule has 2 aromatic carbocycles. The lowest BCUT2D eigenvalue weighted by atomic mass is 10.1. The molecule has 0 aliphatic carbocycles. The molecule has 0 radical (unpaired) electrons. The fraction of sp³-hybridized carbons (Fsp3) is 0.0625. The Balaban J connectivity index is 2.22. The van der Waals surface area contributed by atoms with Crippen LogP contribution in [-0.4, -0.2) is 11.1 Å². The number of hydrogen-bond acceptors (Lipinski definition) is 2. The highest BCUT2D eigenvalue weighted by Crippen LogP contribution is 2.29. The van der Waals surface area contributed by atoms with Crippen molar-refractivity contribution < 1.29 is 14.6 Å². The minimum Gasteiger partial charge on any atom is -0.478 e. The second-order valence-corrected chi connectivity index (χ2v) is 5.39. The zero-order valence-corrected chi connectivity index (χ0v) is 13.0. The van der Waals surface area contributed by atoms with Crippen LogP contribution < -0.4 is 4.74 Å². The van der Waals surface area contributed by atoms with E-state index in [-0.39, 0.29) is 0 Å². The first-order valence-corrected chi connectivity index (χ1v) is 7.08. The van der Waals surface area contributed by atoms with E-state index >= 15 is 0 Å². The number of carboxylic acid groups (broad SMARTS) is 1. The van der Waals surface area contributed by atoms with Gasteiger partial charge < -0.3 is 9.84 Å². The van der Waals surface area contributed by atoms with Gasteiger partial charge in [0.15, 0.2) is 0 Å². The summed E-state index contributed by atoms with van der Waals surface area (Å²) in [6.45, 7) is 1.93. The number of ether oxygens (including phenoxy) is 1. The highest BCUT2D eigenvalue weighted by Gasteiger charge is 2.04. The Morgan fingerprint density at radius 3 is 2.60 bits per heavy atom. The largest absolute Gasteiger partial charge is 0.478 e. The first-order valence-electron chi connectivity index (χ1n) is 6.00. The van der Waals surface area contributed by atoms with Gasteiger partial charge in [-0.3, -0.25) is 0 Å². The van der Waals surface area contributed by atoms with Gasteiger partial charge in [-0.05, 0) is 71.0 Å². The second kappa shape index (κ2) is 6.56.